The molecule has 3 aromatic carbocycles. The summed E-state index contributed by atoms with van der Waals surface area (Å²) in [6.07, 6.45) is -4.05. The zero-order chi connectivity index (χ0) is 36.5. The van der Waals surface area contributed by atoms with E-state index in [9.17, 15) is 19.6 Å². The first-order chi connectivity index (χ1) is 24.3. The molecule has 0 saturated carbocycles. The molecule has 0 spiro atoms. The van der Waals surface area contributed by atoms with Crippen molar-refractivity contribution < 1.29 is 42.8 Å². The van der Waals surface area contributed by atoms with Gasteiger partial charge in [-0.25, -0.2) is 9.55 Å². The number of carbonyl (C=O) groups is 1. The van der Waals surface area contributed by atoms with E-state index in [1.165, 1.54) is 18.6 Å². The maximum atomic E-state index is 14.8. The Balaban J connectivity index is 1.29. The van der Waals surface area contributed by atoms with E-state index in [0.29, 0.717) is 9.22 Å². The van der Waals surface area contributed by atoms with Gasteiger partial charge >= 0.3 is 13.7 Å². The van der Waals surface area contributed by atoms with Gasteiger partial charge in [0, 0.05) is 28.0 Å². The van der Waals surface area contributed by atoms with Crippen LogP contribution in [0.25, 0.3) is 21.9 Å². The molecule has 17 heteroatoms. The number of aliphatic hydroxyl groups excluding tert-OH is 1. The maximum Gasteiger partial charge on any atom is 0.459 e. The number of carbonyl (C=O) groups excluding carboxylic acids is 1. The number of anilines is 1. The fourth-order valence-electron chi connectivity index (χ4n) is 5.77. The number of hydrogen-bond acceptors (Lipinski definition) is 13. The molecule has 0 bridgehead atoms. The van der Waals surface area contributed by atoms with Gasteiger partial charge < -0.3 is 34.7 Å². The zero-order valence-electron chi connectivity index (χ0n) is 28.2. The van der Waals surface area contributed by atoms with E-state index in [1.54, 1.807) is 32.0 Å². The highest BCUT2D eigenvalue weighted by molar-refractivity contribution is 14.1. The van der Waals surface area contributed by atoms with Crippen LogP contribution in [-0.2, 0) is 30.0 Å². The first-order valence-electron chi connectivity index (χ1n) is 16.0. The molecule has 15 nitrogen and oxygen atoms in total. The molecule has 6 atom stereocenters. The van der Waals surface area contributed by atoms with Crippen LogP contribution >= 0.6 is 30.3 Å². The molecule has 1 fully saturated rings. The summed E-state index contributed by atoms with van der Waals surface area (Å²) in [5, 5.41) is 27.3. The van der Waals surface area contributed by atoms with Crippen LogP contribution in [-0.4, -0.2) is 73.3 Å². The average molecular weight is 833 g/mol. The van der Waals surface area contributed by atoms with Gasteiger partial charge in [-0.15, -0.1) is 0 Å². The van der Waals surface area contributed by atoms with Gasteiger partial charge in [0.05, 0.1) is 13.7 Å². The summed E-state index contributed by atoms with van der Waals surface area (Å²) in [4.78, 5) is 26.2. The van der Waals surface area contributed by atoms with Gasteiger partial charge in [-0.05, 0) is 29.9 Å². The minimum atomic E-state index is -4.47. The molecular formula is C34H38IN6O9P. The van der Waals surface area contributed by atoms with Gasteiger partial charge in [-0.2, -0.15) is 15.1 Å². The van der Waals surface area contributed by atoms with Crippen LogP contribution in [0, 0.1) is 9.75 Å². The van der Waals surface area contributed by atoms with Crippen molar-refractivity contribution in [1.29, 1.82) is 0 Å². The van der Waals surface area contributed by atoms with E-state index in [-0.39, 0.29) is 35.3 Å². The van der Waals surface area contributed by atoms with Crippen LogP contribution in [0.4, 0.5) is 5.95 Å². The Bertz CT molecular complexity index is 2080. The molecule has 1 unspecified atom stereocenters. The highest BCUT2D eigenvalue weighted by atomic mass is 127. The number of halogens is 1. The monoisotopic (exact) mass is 832 g/mol. The number of hydrogen-bond donors (Lipinski definition) is 4. The number of rotatable bonds is 13. The van der Waals surface area contributed by atoms with E-state index in [0.717, 1.165) is 10.9 Å². The fraction of sp³-hybridized carbons (Fsp3) is 0.353. The van der Waals surface area contributed by atoms with E-state index < -0.39 is 56.3 Å². The minimum absolute atomic E-state index is 0.00264. The number of nitrogen functional groups attached to an aromatic ring is 1. The number of benzene rings is 3. The third-order valence-corrected chi connectivity index (χ3v) is 10.8. The van der Waals surface area contributed by atoms with E-state index in [1.807, 2.05) is 77.2 Å². The first-order valence-corrected chi connectivity index (χ1v) is 18.6. The standard InChI is InChI=1S/C34H38IN6O9P/c1-19(2)25(30(43)47-17-20-11-6-5-7-12-20)40-51(45,50-23-16-10-14-21-13-8-9-15-22(21)23)48-18-24-27(42)34(3,44)31(49-24)41-28-26(37-32(41)35)29(46-4)39-33(36)38-28/h5-16,19,24-25,27,31,42,44H,17-18H2,1-4H3,(H,40,45)(H2,36,38,39)/t24-,25+,27-,31-,34-,51?/m1/s1. The SMILES string of the molecule is COc1nc(N)nc2c1nc(I)n2[C@@H]1O[C@H](COP(=O)(N[C@H](C(=O)OCc2ccccc2)C(C)C)Oc2cccc3ccccc23)[C@@H](O)[C@@]1(C)O. The van der Waals surface area contributed by atoms with Crippen molar-refractivity contribution in [2.75, 3.05) is 19.5 Å². The van der Waals surface area contributed by atoms with Gasteiger partial charge in [-0.1, -0.05) is 80.6 Å². The second-order valence-electron chi connectivity index (χ2n) is 12.5. The average Bonchev–Trinajstić information content (AvgIpc) is 3.55. The summed E-state index contributed by atoms with van der Waals surface area (Å²) in [7, 11) is -3.06. The predicted molar refractivity (Wildman–Crippen MR) is 196 cm³/mol. The molecule has 270 valence electrons. The summed E-state index contributed by atoms with van der Waals surface area (Å²) in [6, 6.07) is 20.6. The molecule has 1 aliphatic rings. The molecule has 51 heavy (non-hydrogen) atoms. The van der Waals surface area contributed by atoms with Crippen molar-refractivity contribution >= 4 is 64.2 Å². The topological polar surface area (TPSA) is 202 Å². The van der Waals surface area contributed by atoms with Gasteiger partial charge in [0.25, 0.3) is 0 Å². The largest absolute Gasteiger partial charge is 0.479 e. The third-order valence-electron chi connectivity index (χ3n) is 8.48. The van der Waals surface area contributed by atoms with Crippen molar-refractivity contribution in [2.45, 2.75) is 57.5 Å². The van der Waals surface area contributed by atoms with Crippen LogP contribution < -0.4 is 20.1 Å². The van der Waals surface area contributed by atoms with E-state index in [4.69, 9.17) is 29.0 Å². The van der Waals surface area contributed by atoms with E-state index in [2.05, 4.69) is 20.0 Å². The number of aromatic nitrogens is 4. The summed E-state index contributed by atoms with van der Waals surface area (Å²) in [6.45, 7) is 4.38. The van der Waals surface area contributed by atoms with Gasteiger partial charge in [-0.3, -0.25) is 13.9 Å². The normalized spacial score (nSPS) is 22.2. The van der Waals surface area contributed by atoms with Gasteiger partial charge in [0.1, 0.15) is 36.2 Å². The summed E-state index contributed by atoms with van der Waals surface area (Å²) in [5.41, 5.74) is 5.23. The Labute approximate surface area is 307 Å². The van der Waals surface area contributed by atoms with E-state index >= 15 is 0 Å². The number of ether oxygens (including phenoxy) is 3. The van der Waals surface area contributed by atoms with Crippen molar-refractivity contribution in [3.05, 3.63) is 82.2 Å². The first kappa shape index (κ1) is 36.9. The molecule has 1 aliphatic heterocycles. The van der Waals surface area contributed by atoms with Crippen molar-refractivity contribution in [2.24, 2.45) is 5.92 Å². The Hall–Kier alpha value is -3.90. The van der Waals surface area contributed by atoms with Gasteiger partial charge in [0.2, 0.25) is 11.8 Å². The number of aliphatic hydroxyl groups is 2. The van der Waals surface area contributed by atoms with Crippen LogP contribution in [0.2, 0.25) is 0 Å². The number of esters is 1. The second-order valence-corrected chi connectivity index (χ2v) is 15.2. The lowest BCUT2D eigenvalue weighted by Gasteiger charge is -2.28. The number of nitrogens with zero attached hydrogens (tertiary/aromatic N) is 4. The van der Waals surface area contributed by atoms with Crippen molar-refractivity contribution in [1.82, 2.24) is 24.6 Å². The lowest BCUT2D eigenvalue weighted by molar-refractivity contribution is -0.148. The number of fused-ring (bicyclic) bond motifs is 2. The molecule has 0 radical (unpaired) electrons. The maximum absolute atomic E-state index is 14.8. The molecule has 6 rings (SSSR count). The molecule has 3 heterocycles. The fourth-order valence-corrected chi connectivity index (χ4v) is 8.18. The molecular weight excluding hydrogens is 794 g/mol. The quantitative estimate of drug-likeness (QED) is 0.0548. The third kappa shape index (κ3) is 7.67. The molecule has 5 N–H and O–H groups in total. The summed E-state index contributed by atoms with van der Waals surface area (Å²) < 4.78 is 45.8. The smallest absolute Gasteiger partial charge is 0.459 e. The Morgan fingerprint density at radius 3 is 2.53 bits per heavy atom. The highest BCUT2D eigenvalue weighted by Crippen LogP contribution is 2.49. The Morgan fingerprint density at radius 2 is 1.80 bits per heavy atom. The number of imidazole rings is 1. The molecule has 0 aliphatic carbocycles. The minimum Gasteiger partial charge on any atom is -0.479 e. The predicted octanol–water partition coefficient (Wildman–Crippen LogP) is 4.75. The molecule has 1 saturated heterocycles. The van der Waals surface area contributed by atoms with Crippen LogP contribution in [0.5, 0.6) is 11.6 Å². The molecule has 5 aromatic rings. The summed E-state index contributed by atoms with van der Waals surface area (Å²) >= 11 is 1.93. The Kier molecular flexibility index (Phi) is 10.8. The van der Waals surface area contributed by atoms with Gasteiger partial charge in [0.15, 0.2) is 21.2 Å². The lowest BCUT2D eigenvalue weighted by Crippen LogP contribution is -2.45. The van der Waals surface area contributed by atoms with Crippen LogP contribution in [0.15, 0.2) is 72.8 Å². The van der Waals surface area contributed by atoms with Crippen LogP contribution in [0.1, 0.15) is 32.6 Å². The molecule has 2 aromatic heterocycles. The number of nitrogens with two attached hydrogens (primary N) is 1. The van der Waals surface area contributed by atoms with Crippen molar-refractivity contribution in [3.8, 4) is 11.6 Å². The number of methoxy groups -OCH3 is 1. The van der Waals surface area contributed by atoms with Crippen molar-refractivity contribution in [3.63, 3.8) is 0 Å². The summed E-state index contributed by atoms with van der Waals surface area (Å²) in [5.74, 6) is -0.839. The lowest BCUT2D eigenvalue weighted by atomic mass is 9.96. The number of nitrogens with one attached hydrogen (secondary N) is 1. The molecule has 0 amide bonds. The zero-order valence-corrected chi connectivity index (χ0v) is 31.2. The Morgan fingerprint density at radius 1 is 1.10 bits per heavy atom. The van der Waals surface area contributed by atoms with Crippen LogP contribution in [0.3, 0.4) is 0 Å². The second kappa shape index (κ2) is 15.0. The highest BCUT2D eigenvalue weighted by Gasteiger charge is 2.55.